The molecule has 0 radical (unpaired) electrons. The molecule has 0 aliphatic carbocycles. The summed E-state index contributed by atoms with van der Waals surface area (Å²) in [4.78, 5) is 0.965. The summed E-state index contributed by atoms with van der Waals surface area (Å²) in [6.45, 7) is 0. The van der Waals surface area contributed by atoms with Crippen molar-refractivity contribution in [2.75, 3.05) is 4.72 Å². The van der Waals surface area contributed by atoms with Gasteiger partial charge in [-0.05, 0) is 53.9 Å². The number of hydrogen-bond acceptors (Lipinski definition) is 6. The van der Waals surface area contributed by atoms with Crippen molar-refractivity contribution in [3.63, 3.8) is 0 Å². The molecule has 0 saturated heterocycles. The van der Waals surface area contributed by atoms with Crippen molar-refractivity contribution in [1.82, 2.24) is 19.8 Å². The maximum Gasteiger partial charge on any atom is 0.261 e. The van der Waals surface area contributed by atoms with Crippen LogP contribution in [0.25, 0.3) is 27.6 Å². The molecule has 1 N–H and O–H groups in total. The lowest BCUT2D eigenvalue weighted by Crippen LogP contribution is -2.13. The lowest BCUT2D eigenvalue weighted by molar-refractivity contribution is 0.601. The maximum absolute atomic E-state index is 12.8. The second-order valence-corrected chi connectivity index (χ2v) is 10.2. The average molecular weight is 502 g/mol. The molecule has 11 heteroatoms. The quantitative estimate of drug-likeness (QED) is 0.337. The Morgan fingerprint density at radius 1 is 0.906 bits per heavy atom. The molecule has 0 atom stereocenters. The molecule has 7 nitrogen and oxygen atoms in total. The SMILES string of the molecule is O=S(=O)(Nc1cccc(-c2ccc3nnc(-c4cccs4)n3n2)c1)c1ccc(Cl)c(Cl)c1. The van der Waals surface area contributed by atoms with Crippen LogP contribution in [0, 0.1) is 0 Å². The summed E-state index contributed by atoms with van der Waals surface area (Å²) in [5, 5.41) is 15.5. The Morgan fingerprint density at radius 2 is 1.78 bits per heavy atom. The summed E-state index contributed by atoms with van der Waals surface area (Å²) in [6, 6.07) is 18.6. The molecule has 0 saturated carbocycles. The Kier molecular flexibility index (Phi) is 5.34. The second kappa shape index (κ2) is 8.18. The van der Waals surface area contributed by atoms with Gasteiger partial charge in [-0.3, -0.25) is 4.72 Å². The molecule has 3 heterocycles. The fraction of sp³-hybridized carbons (Fsp3) is 0. The van der Waals surface area contributed by atoms with Gasteiger partial charge in [0.05, 0.1) is 25.5 Å². The van der Waals surface area contributed by atoms with Crippen LogP contribution in [0.1, 0.15) is 0 Å². The number of aromatic nitrogens is 4. The van der Waals surface area contributed by atoms with Gasteiger partial charge in [-0.2, -0.15) is 9.61 Å². The summed E-state index contributed by atoms with van der Waals surface area (Å²) < 4.78 is 29.8. The number of fused-ring (bicyclic) bond motifs is 1. The Balaban J connectivity index is 1.49. The summed E-state index contributed by atoms with van der Waals surface area (Å²) in [7, 11) is -3.85. The van der Waals surface area contributed by atoms with E-state index in [1.165, 1.54) is 18.2 Å². The number of sulfonamides is 1. The summed E-state index contributed by atoms with van der Waals surface area (Å²) in [6.07, 6.45) is 0. The predicted octanol–water partition coefficient (Wildman–Crippen LogP) is 5.63. The van der Waals surface area contributed by atoms with Crippen molar-refractivity contribution >= 4 is 55.9 Å². The Labute approximate surface area is 197 Å². The van der Waals surface area contributed by atoms with Crippen molar-refractivity contribution in [2.24, 2.45) is 0 Å². The van der Waals surface area contributed by atoms with E-state index in [1.807, 2.05) is 35.7 Å². The molecule has 2 aromatic carbocycles. The number of benzene rings is 2. The molecule has 160 valence electrons. The molecular weight excluding hydrogens is 489 g/mol. The Morgan fingerprint density at radius 3 is 2.56 bits per heavy atom. The van der Waals surface area contributed by atoms with Crippen molar-refractivity contribution in [3.8, 4) is 22.0 Å². The third kappa shape index (κ3) is 3.95. The first-order chi connectivity index (χ1) is 15.4. The third-order valence-corrected chi connectivity index (χ3v) is 7.60. The number of rotatable bonds is 5. The van der Waals surface area contributed by atoms with E-state index >= 15 is 0 Å². The van der Waals surface area contributed by atoms with Gasteiger partial charge in [-0.25, -0.2) is 8.42 Å². The topological polar surface area (TPSA) is 89.2 Å². The lowest BCUT2D eigenvalue weighted by Gasteiger charge is -2.10. The smallest absolute Gasteiger partial charge is 0.261 e. The van der Waals surface area contributed by atoms with Gasteiger partial charge >= 0.3 is 0 Å². The summed E-state index contributed by atoms with van der Waals surface area (Å²) in [5.74, 6) is 0.647. The van der Waals surface area contributed by atoms with E-state index in [-0.39, 0.29) is 14.9 Å². The minimum Gasteiger partial charge on any atom is -0.280 e. The molecule has 0 aliphatic heterocycles. The highest BCUT2D eigenvalue weighted by Gasteiger charge is 2.17. The van der Waals surface area contributed by atoms with Crippen molar-refractivity contribution in [2.45, 2.75) is 4.90 Å². The van der Waals surface area contributed by atoms with Gasteiger partial charge in [0, 0.05) is 11.3 Å². The number of nitrogens with one attached hydrogen (secondary N) is 1. The molecule has 0 aliphatic rings. The normalized spacial score (nSPS) is 11.7. The van der Waals surface area contributed by atoms with Crippen LogP contribution in [-0.2, 0) is 10.0 Å². The van der Waals surface area contributed by atoms with Gasteiger partial charge in [0.25, 0.3) is 10.0 Å². The standard InChI is InChI=1S/C21H13Cl2N5O2S2/c22-16-7-6-15(12-17(16)23)32(29,30)27-14-4-1-3-13(11-14)18-8-9-20-24-25-21(28(20)26-18)19-5-2-10-31-19/h1-12,27H. The highest BCUT2D eigenvalue weighted by Crippen LogP contribution is 2.28. The van der Waals surface area contributed by atoms with E-state index in [0.717, 1.165) is 10.4 Å². The van der Waals surface area contributed by atoms with Crippen molar-refractivity contribution < 1.29 is 8.42 Å². The fourth-order valence-corrected chi connectivity index (χ4v) is 5.23. The van der Waals surface area contributed by atoms with Gasteiger partial charge in [0.2, 0.25) is 0 Å². The van der Waals surface area contributed by atoms with Crippen LogP contribution >= 0.6 is 34.5 Å². The number of anilines is 1. The van der Waals surface area contributed by atoms with Gasteiger partial charge in [0.1, 0.15) is 0 Å². The fourth-order valence-electron chi connectivity index (χ4n) is 3.10. The monoisotopic (exact) mass is 501 g/mol. The second-order valence-electron chi connectivity index (χ2n) is 6.75. The lowest BCUT2D eigenvalue weighted by atomic mass is 10.1. The molecule has 3 aromatic heterocycles. The van der Waals surface area contributed by atoms with E-state index in [9.17, 15) is 8.42 Å². The predicted molar refractivity (Wildman–Crippen MR) is 127 cm³/mol. The Bertz CT molecular complexity index is 1550. The van der Waals surface area contributed by atoms with Gasteiger partial charge in [0.15, 0.2) is 11.5 Å². The van der Waals surface area contributed by atoms with Crippen LogP contribution in [0.15, 0.2) is 77.0 Å². The zero-order valence-corrected chi connectivity index (χ0v) is 19.3. The summed E-state index contributed by atoms with van der Waals surface area (Å²) in [5.41, 5.74) is 2.38. The van der Waals surface area contributed by atoms with Crippen LogP contribution in [0.2, 0.25) is 10.0 Å². The number of thiophene rings is 1. The minimum absolute atomic E-state index is 0.0157. The van der Waals surface area contributed by atoms with Crippen LogP contribution in [-0.4, -0.2) is 28.2 Å². The molecule has 0 unspecified atom stereocenters. The van der Waals surface area contributed by atoms with Crippen LogP contribution in [0.4, 0.5) is 5.69 Å². The average Bonchev–Trinajstić information content (AvgIpc) is 3.44. The van der Waals surface area contributed by atoms with Crippen molar-refractivity contribution in [1.29, 1.82) is 0 Å². The minimum atomic E-state index is -3.85. The zero-order valence-electron chi connectivity index (χ0n) is 16.1. The van der Waals surface area contributed by atoms with Gasteiger partial charge in [-0.1, -0.05) is 41.4 Å². The highest BCUT2D eigenvalue weighted by molar-refractivity contribution is 7.92. The highest BCUT2D eigenvalue weighted by atomic mass is 35.5. The van der Waals surface area contributed by atoms with E-state index in [1.54, 1.807) is 34.1 Å². The number of nitrogens with zero attached hydrogens (tertiary/aromatic N) is 4. The molecule has 32 heavy (non-hydrogen) atoms. The molecule has 0 amide bonds. The van der Waals surface area contributed by atoms with Crippen LogP contribution in [0.5, 0.6) is 0 Å². The van der Waals surface area contributed by atoms with Gasteiger partial charge < -0.3 is 0 Å². The van der Waals surface area contributed by atoms with Crippen LogP contribution in [0.3, 0.4) is 0 Å². The largest absolute Gasteiger partial charge is 0.280 e. The molecule has 0 bridgehead atoms. The molecule has 0 spiro atoms. The number of halogens is 2. The van der Waals surface area contributed by atoms with E-state index in [4.69, 9.17) is 23.2 Å². The van der Waals surface area contributed by atoms with E-state index < -0.39 is 10.0 Å². The molecule has 0 fully saturated rings. The van der Waals surface area contributed by atoms with Crippen LogP contribution < -0.4 is 4.72 Å². The molecular formula is C21H13Cl2N5O2S2. The first-order valence-electron chi connectivity index (χ1n) is 9.25. The summed E-state index contributed by atoms with van der Waals surface area (Å²) >= 11 is 13.4. The zero-order chi connectivity index (χ0) is 22.3. The molecule has 5 aromatic rings. The number of hydrogen-bond donors (Lipinski definition) is 1. The van der Waals surface area contributed by atoms with Crippen molar-refractivity contribution in [3.05, 3.63) is 82.2 Å². The Hall–Kier alpha value is -2.98. The first-order valence-corrected chi connectivity index (χ1v) is 12.4. The maximum atomic E-state index is 12.8. The third-order valence-electron chi connectivity index (χ3n) is 4.62. The molecule has 5 rings (SSSR count). The van der Waals surface area contributed by atoms with Gasteiger partial charge in [-0.15, -0.1) is 21.5 Å². The van der Waals surface area contributed by atoms with E-state index in [2.05, 4.69) is 20.0 Å². The first kappa shape index (κ1) is 20.9. The van der Waals surface area contributed by atoms with E-state index in [0.29, 0.717) is 22.9 Å².